The number of para-hydroxylation sites is 1. The van der Waals surface area contributed by atoms with Crippen molar-refractivity contribution in [3.05, 3.63) is 48.0 Å². The van der Waals surface area contributed by atoms with Crippen LogP contribution in [0.15, 0.2) is 47.4 Å². The van der Waals surface area contributed by atoms with Crippen LogP contribution in [-0.2, 0) is 9.84 Å². The van der Waals surface area contributed by atoms with Crippen LogP contribution >= 0.6 is 0 Å². The molecule has 4 nitrogen and oxygen atoms in total. The Hall–Kier alpha value is -2.01. The minimum absolute atomic E-state index is 0.172. The summed E-state index contributed by atoms with van der Waals surface area (Å²) < 4.78 is 23.6. The first-order valence-corrected chi connectivity index (χ1v) is 8.66. The highest BCUT2D eigenvalue weighted by Crippen LogP contribution is 2.34. The number of sulfone groups is 1. The minimum atomic E-state index is -3.34. The predicted molar refractivity (Wildman–Crippen MR) is 87.8 cm³/mol. The number of nitrogens with two attached hydrogens (primary N) is 1. The molecule has 5 heteroatoms. The molecule has 0 heterocycles. The van der Waals surface area contributed by atoms with Gasteiger partial charge in [-0.25, -0.2) is 8.42 Å². The Labute approximate surface area is 126 Å². The van der Waals surface area contributed by atoms with E-state index in [4.69, 9.17) is 5.73 Å². The Morgan fingerprint density at radius 2 is 1.71 bits per heavy atom. The van der Waals surface area contributed by atoms with E-state index in [0.717, 1.165) is 5.69 Å². The van der Waals surface area contributed by atoms with E-state index in [2.05, 4.69) is 0 Å². The Bertz CT molecular complexity index is 737. The summed E-state index contributed by atoms with van der Waals surface area (Å²) in [6, 6.07) is 13.2. The van der Waals surface area contributed by atoms with E-state index in [1.54, 1.807) is 6.07 Å². The fraction of sp³-hybridized carbons (Fsp3) is 0.250. The number of hydrogen-bond acceptors (Lipinski definition) is 4. The molecule has 21 heavy (non-hydrogen) atoms. The normalized spacial score (nSPS) is 11.4. The van der Waals surface area contributed by atoms with Crippen molar-refractivity contribution < 1.29 is 8.42 Å². The van der Waals surface area contributed by atoms with Gasteiger partial charge in [0.1, 0.15) is 0 Å². The van der Waals surface area contributed by atoms with Crippen LogP contribution in [0.3, 0.4) is 0 Å². The molecular weight excluding hydrogens is 284 g/mol. The summed E-state index contributed by atoms with van der Waals surface area (Å²) >= 11 is 0. The number of anilines is 3. The fourth-order valence-electron chi connectivity index (χ4n) is 2.31. The lowest BCUT2D eigenvalue weighted by molar-refractivity contribution is 0.602. The van der Waals surface area contributed by atoms with Crippen LogP contribution in [0, 0.1) is 6.92 Å². The SMILES string of the molecule is CCN(c1ccc(C)cc1)c1cccc(S(C)(=O)=O)c1N. The van der Waals surface area contributed by atoms with E-state index < -0.39 is 9.84 Å². The van der Waals surface area contributed by atoms with E-state index in [1.807, 2.05) is 49.1 Å². The van der Waals surface area contributed by atoms with Crippen LogP contribution in [-0.4, -0.2) is 21.2 Å². The molecule has 112 valence electrons. The third kappa shape index (κ3) is 3.19. The maximum Gasteiger partial charge on any atom is 0.177 e. The average Bonchev–Trinajstić information content (AvgIpc) is 2.42. The summed E-state index contributed by atoms with van der Waals surface area (Å²) in [6.45, 7) is 4.73. The second-order valence-electron chi connectivity index (χ2n) is 5.04. The third-order valence-electron chi connectivity index (χ3n) is 3.40. The van der Waals surface area contributed by atoms with Crippen molar-refractivity contribution in [3.8, 4) is 0 Å². The van der Waals surface area contributed by atoms with Crippen LogP contribution < -0.4 is 10.6 Å². The van der Waals surface area contributed by atoms with Gasteiger partial charge >= 0.3 is 0 Å². The van der Waals surface area contributed by atoms with Crippen molar-refractivity contribution in [1.82, 2.24) is 0 Å². The van der Waals surface area contributed by atoms with Gasteiger partial charge < -0.3 is 10.6 Å². The van der Waals surface area contributed by atoms with Crippen LogP contribution in [0.4, 0.5) is 17.1 Å². The lowest BCUT2D eigenvalue weighted by atomic mass is 10.2. The number of hydrogen-bond donors (Lipinski definition) is 1. The Kier molecular flexibility index (Phi) is 4.23. The zero-order valence-electron chi connectivity index (χ0n) is 12.5. The van der Waals surface area contributed by atoms with Gasteiger partial charge in [0.15, 0.2) is 9.84 Å². The molecule has 0 bridgehead atoms. The zero-order valence-corrected chi connectivity index (χ0v) is 13.3. The van der Waals surface area contributed by atoms with Crippen molar-refractivity contribution in [2.45, 2.75) is 18.7 Å². The molecule has 0 spiro atoms. The molecule has 0 radical (unpaired) electrons. The van der Waals surface area contributed by atoms with Crippen molar-refractivity contribution >= 4 is 26.9 Å². The van der Waals surface area contributed by atoms with E-state index in [0.29, 0.717) is 17.9 Å². The topological polar surface area (TPSA) is 63.4 Å². The second-order valence-corrected chi connectivity index (χ2v) is 7.03. The van der Waals surface area contributed by atoms with E-state index in [9.17, 15) is 8.42 Å². The van der Waals surface area contributed by atoms with Gasteiger partial charge in [-0.3, -0.25) is 0 Å². The van der Waals surface area contributed by atoms with Crippen LogP contribution in [0.2, 0.25) is 0 Å². The van der Waals surface area contributed by atoms with Gasteiger partial charge in [-0.2, -0.15) is 0 Å². The molecule has 0 aliphatic rings. The molecule has 0 fully saturated rings. The molecule has 0 unspecified atom stereocenters. The Morgan fingerprint density at radius 1 is 1.10 bits per heavy atom. The lowest BCUT2D eigenvalue weighted by Crippen LogP contribution is -2.18. The Balaban J connectivity index is 2.56. The van der Waals surface area contributed by atoms with Crippen molar-refractivity contribution in [2.24, 2.45) is 0 Å². The molecule has 0 saturated heterocycles. The first-order chi connectivity index (χ1) is 9.84. The summed E-state index contributed by atoms with van der Waals surface area (Å²) in [5.74, 6) is 0. The molecule has 0 saturated carbocycles. The van der Waals surface area contributed by atoms with Crippen LogP contribution in [0.25, 0.3) is 0 Å². The molecule has 0 aliphatic heterocycles. The molecule has 0 amide bonds. The fourth-order valence-corrected chi connectivity index (χ4v) is 3.14. The quantitative estimate of drug-likeness (QED) is 0.881. The first-order valence-electron chi connectivity index (χ1n) is 6.77. The van der Waals surface area contributed by atoms with Gasteiger partial charge in [0.2, 0.25) is 0 Å². The van der Waals surface area contributed by atoms with Crippen molar-refractivity contribution in [1.29, 1.82) is 0 Å². The highest BCUT2D eigenvalue weighted by Gasteiger charge is 2.18. The molecule has 0 aliphatic carbocycles. The number of aryl methyl sites for hydroxylation is 1. The standard InChI is InChI=1S/C16H20N2O2S/c1-4-18(13-10-8-12(2)9-11-13)14-6-5-7-15(16(14)17)21(3,19)20/h5-11H,4,17H2,1-3H3. The van der Waals surface area contributed by atoms with Gasteiger partial charge in [0.05, 0.1) is 16.3 Å². The number of benzene rings is 2. The van der Waals surface area contributed by atoms with E-state index >= 15 is 0 Å². The number of rotatable bonds is 4. The molecule has 2 rings (SSSR count). The molecule has 0 aromatic heterocycles. The molecule has 2 aromatic carbocycles. The van der Waals surface area contributed by atoms with Crippen molar-refractivity contribution in [3.63, 3.8) is 0 Å². The summed E-state index contributed by atoms with van der Waals surface area (Å²) in [4.78, 5) is 2.18. The summed E-state index contributed by atoms with van der Waals surface area (Å²) in [5, 5.41) is 0. The maximum atomic E-state index is 11.8. The molecule has 2 aromatic rings. The average molecular weight is 304 g/mol. The first kappa shape index (κ1) is 15.4. The van der Waals surface area contributed by atoms with Gasteiger partial charge in [-0.15, -0.1) is 0 Å². The van der Waals surface area contributed by atoms with Gasteiger partial charge in [-0.1, -0.05) is 23.8 Å². The highest BCUT2D eigenvalue weighted by atomic mass is 32.2. The zero-order chi connectivity index (χ0) is 15.6. The van der Waals surface area contributed by atoms with Crippen molar-refractivity contribution in [2.75, 3.05) is 23.4 Å². The summed E-state index contributed by atoms with van der Waals surface area (Å²) in [7, 11) is -3.34. The number of nitrogen functional groups attached to an aromatic ring is 1. The van der Waals surface area contributed by atoms with E-state index in [-0.39, 0.29) is 4.90 Å². The second kappa shape index (κ2) is 5.77. The van der Waals surface area contributed by atoms with Crippen LogP contribution in [0.5, 0.6) is 0 Å². The smallest absolute Gasteiger partial charge is 0.177 e. The largest absolute Gasteiger partial charge is 0.396 e. The predicted octanol–water partition coefficient (Wildman–Crippen LogP) is 3.14. The van der Waals surface area contributed by atoms with E-state index in [1.165, 1.54) is 17.9 Å². The lowest BCUT2D eigenvalue weighted by Gasteiger charge is -2.25. The third-order valence-corrected chi connectivity index (χ3v) is 4.55. The van der Waals surface area contributed by atoms with Gasteiger partial charge in [-0.05, 0) is 38.1 Å². The van der Waals surface area contributed by atoms with Crippen LogP contribution in [0.1, 0.15) is 12.5 Å². The molecule has 0 atom stereocenters. The summed E-state index contributed by atoms with van der Waals surface area (Å²) in [5.41, 5.74) is 9.26. The monoisotopic (exact) mass is 304 g/mol. The van der Waals surface area contributed by atoms with Gasteiger partial charge in [0, 0.05) is 18.5 Å². The van der Waals surface area contributed by atoms with Gasteiger partial charge in [0.25, 0.3) is 0 Å². The highest BCUT2D eigenvalue weighted by molar-refractivity contribution is 7.90. The minimum Gasteiger partial charge on any atom is -0.396 e. The maximum absolute atomic E-state index is 11.8. The molecular formula is C16H20N2O2S. The summed E-state index contributed by atoms with van der Waals surface area (Å²) in [6.07, 6.45) is 1.17. The Morgan fingerprint density at radius 3 is 2.24 bits per heavy atom. The number of nitrogens with zero attached hydrogens (tertiary/aromatic N) is 1. The molecule has 2 N–H and O–H groups in total.